The maximum Gasteiger partial charge on any atom is 0.257 e. The standard InChI is InChI=1S/C20H20ClNO5/c1-13(23)15-3-2-4-16(11-15)27-12-19(24)22-6-5-14-9-17(21)20-18(10-14)25-7-8-26-20/h2-4,9-11H,5-8,12H2,1H3,(H,22,24). The number of ether oxygens (including phenoxy) is 3. The Balaban J connectivity index is 1.47. The zero-order valence-electron chi connectivity index (χ0n) is 14.9. The Bertz CT molecular complexity index is 852. The van der Waals surface area contributed by atoms with Gasteiger partial charge in [0, 0.05) is 12.1 Å². The van der Waals surface area contributed by atoms with Crippen molar-refractivity contribution in [3.8, 4) is 17.2 Å². The van der Waals surface area contributed by atoms with Crippen molar-refractivity contribution < 1.29 is 23.8 Å². The number of hydrogen-bond acceptors (Lipinski definition) is 5. The number of carbonyl (C=O) groups excluding carboxylic acids is 2. The number of hydrogen-bond donors (Lipinski definition) is 1. The minimum atomic E-state index is -0.244. The van der Waals surface area contributed by atoms with E-state index in [0.717, 1.165) is 5.56 Å². The van der Waals surface area contributed by atoms with Crippen molar-refractivity contribution in [1.82, 2.24) is 5.32 Å². The molecule has 0 aliphatic carbocycles. The van der Waals surface area contributed by atoms with E-state index < -0.39 is 0 Å². The van der Waals surface area contributed by atoms with Crippen molar-refractivity contribution in [1.29, 1.82) is 0 Å². The molecule has 6 nitrogen and oxygen atoms in total. The molecule has 27 heavy (non-hydrogen) atoms. The summed E-state index contributed by atoms with van der Waals surface area (Å²) in [6, 6.07) is 10.4. The summed E-state index contributed by atoms with van der Waals surface area (Å²) in [7, 11) is 0. The highest BCUT2D eigenvalue weighted by Crippen LogP contribution is 2.38. The molecule has 1 amide bonds. The van der Waals surface area contributed by atoms with E-state index in [4.69, 9.17) is 25.8 Å². The molecule has 0 saturated carbocycles. The summed E-state index contributed by atoms with van der Waals surface area (Å²) in [6.45, 7) is 2.77. The van der Waals surface area contributed by atoms with Crippen LogP contribution in [0.4, 0.5) is 0 Å². The zero-order chi connectivity index (χ0) is 19.2. The van der Waals surface area contributed by atoms with E-state index in [1.807, 2.05) is 12.1 Å². The minimum absolute atomic E-state index is 0.0528. The molecule has 7 heteroatoms. The summed E-state index contributed by atoms with van der Waals surface area (Å²) in [4.78, 5) is 23.3. The third kappa shape index (κ3) is 5.14. The molecular weight excluding hydrogens is 370 g/mol. The molecular formula is C20H20ClNO5. The molecule has 2 aromatic carbocycles. The molecule has 0 radical (unpaired) electrons. The third-order valence-electron chi connectivity index (χ3n) is 4.00. The van der Waals surface area contributed by atoms with Crippen LogP contribution in [0.5, 0.6) is 17.2 Å². The smallest absolute Gasteiger partial charge is 0.257 e. The van der Waals surface area contributed by atoms with Gasteiger partial charge in [-0.15, -0.1) is 0 Å². The molecule has 0 fully saturated rings. The Kier molecular flexibility index (Phi) is 6.19. The summed E-state index contributed by atoms with van der Waals surface area (Å²) in [5.74, 6) is 1.38. The maximum atomic E-state index is 12.0. The average molecular weight is 390 g/mol. The first-order chi connectivity index (χ1) is 13.0. The second-order valence-electron chi connectivity index (χ2n) is 6.07. The fourth-order valence-electron chi connectivity index (χ4n) is 2.66. The van der Waals surface area contributed by atoms with E-state index in [-0.39, 0.29) is 18.3 Å². The van der Waals surface area contributed by atoms with Gasteiger partial charge in [-0.2, -0.15) is 0 Å². The van der Waals surface area contributed by atoms with Gasteiger partial charge in [0.1, 0.15) is 19.0 Å². The van der Waals surface area contributed by atoms with Crippen molar-refractivity contribution >= 4 is 23.3 Å². The topological polar surface area (TPSA) is 73.9 Å². The van der Waals surface area contributed by atoms with Crippen LogP contribution >= 0.6 is 11.6 Å². The van der Waals surface area contributed by atoms with Crippen LogP contribution in [0.2, 0.25) is 5.02 Å². The molecule has 0 aromatic heterocycles. The van der Waals surface area contributed by atoms with Crippen molar-refractivity contribution in [2.45, 2.75) is 13.3 Å². The van der Waals surface area contributed by atoms with Crippen LogP contribution in [0.3, 0.4) is 0 Å². The lowest BCUT2D eigenvalue weighted by Crippen LogP contribution is -2.30. The SMILES string of the molecule is CC(=O)c1cccc(OCC(=O)NCCc2cc(Cl)c3c(c2)OCCO3)c1. The summed E-state index contributed by atoms with van der Waals surface area (Å²) in [5, 5.41) is 3.29. The first-order valence-corrected chi connectivity index (χ1v) is 8.99. The van der Waals surface area contributed by atoms with Crippen LogP contribution in [0.1, 0.15) is 22.8 Å². The molecule has 142 valence electrons. The number of Topliss-reactive ketones (excluding diaryl/α,β-unsaturated/α-hetero) is 1. The molecule has 0 atom stereocenters. The highest BCUT2D eigenvalue weighted by Gasteiger charge is 2.16. The van der Waals surface area contributed by atoms with E-state index in [1.165, 1.54) is 6.92 Å². The van der Waals surface area contributed by atoms with Gasteiger partial charge in [-0.25, -0.2) is 0 Å². The van der Waals surface area contributed by atoms with Gasteiger partial charge in [0.05, 0.1) is 5.02 Å². The lowest BCUT2D eigenvalue weighted by atomic mass is 10.1. The fraction of sp³-hybridized carbons (Fsp3) is 0.300. The van der Waals surface area contributed by atoms with Crippen molar-refractivity contribution in [2.24, 2.45) is 0 Å². The molecule has 0 saturated heterocycles. The van der Waals surface area contributed by atoms with E-state index in [1.54, 1.807) is 24.3 Å². The fourth-order valence-corrected chi connectivity index (χ4v) is 2.95. The summed E-state index contributed by atoms with van der Waals surface area (Å²) in [5.41, 5.74) is 1.49. The van der Waals surface area contributed by atoms with E-state index in [2.05, 4.69) is 5.32 Å². The quantitative estimate of drug-likeness (QED) is 0.737. The van der Waals surface area contributed by atoms with Crippen molar-refractivity contribution in [3.05, 3.63) is 52.5 Å². The number of carbonyl (C=O) groups is 2. The summed E-state index contributed by atoms with van der Waals surface area (Å²) < 4.78 is 16.5. The normalized spacial score (nSPS) is 12.4. The Morgan fingerprint density at radius 3 is 2.81 bits per heavy atom. The lowest BCUT2D eigenvalue weighted by Gasteiger charge is -2.20. The van der Waals surface area contributed by atoms with Gasteiger partial charge in [0.2, 0.25) is 0 Å². The Morgan fingerprint density at radius 2 is 2.00 bits per heavy atom. The molecule has 0 unspecified atom stereocenters. The Morgan fingerprint density at radius 1 is 1.19 bits per heavy atom. The number of nitrogens with one attached hydrogen (secondary N) is 1. The van der Waals surface area contributed by atoms with Gasteiger partial charge < -0.3 is 19.5 Å². The molecule has 1 heterocycles. The predicted molar refractivity (Wildman–Crippen MR) is 101 cm³/mol. The maximum absolute atomic E-state index is 12.0. The zero-order valence-corrected chi connectivity index (χ0v) is 15.7. The second kappa shape index (κ2) is 8.77. The molecule has 1 aliphatic rings. The minimum Gasteiger partial charge on any atom is -0.486 e. The monoisotopic (exact) mass is 389 g/mol. The molecule has 3 rings (SSSR count). The number of amides is 1. The molecule has 0 bridgehead atoms. The first-order valence-electron chi connectivity index (χ1n) is 8.61. The van der Waals surface area contributed by atoms with Crippen molar-refractivity contribution in [3.63, 3.8) is 0 Å². The Labute approximate surface area is 162 Å². The number of rotatable bonds is 7. The van der Waals surface area contributed by atoms with Gasteiger partial charge >= 0.3 is 0 Å². The number of ketones is 1. The van der Waals surface area contributed by atoms with Gasteiger partial charge in [0.15, 0.2) is 23.9 Å². The molecule has 1 aliphatic heterocycles. The molecule has 1 N–H and O–H groups in total. The first kappa shape index (κ1) is 19.0. The Hall–Kier alpha value is -2.73. The van der Waals surface area contributed by atoms with Crippen LogP contribution in [-0.4, -0.2) is 38.1 Å². The highest BCUT2D eigenvalue weighted by molar-refractivity contribution is 6.32. The number of fused-ring (bicyclic) bond motifs is 1. The van der Waals surface area contributed by atoms with Crippen LogP contribution in [0.15, 0.2) is 36.4 Å². The van der Waals surface area contributed by atoms with Crippen LogP contribution in [0.25, 0.3) is 0 Å². The van der Waals surface area contributed by atoms with Crippen LogP contribution < -0.4 is 19.5 Å². The third-order valence-corrected chi connectivity index (χ3v) is 4.28. The van der Waals surface area contributed by atoms with Gasteiger partial charge in [-0.05, 0) is 43.2 Å². The van der Waals surface area contributed by atoms with E-state index >= 15 is 0 Å². The predicted octanol–water partition coefficient (Wildman–Crippen LogP) is 3.05. The molecule has 0 spiro atoms. The average Bonchev–Trinajstić information content (AvgIpc) is 2.67. The summed E-state index contributed by atoms with van der Waals surface area (Å²) >= 11 is 6.21. The van der Waals surface area contributed by atoms with Crippen LogP contribution in [0, 0.1) is 0 Å². The second-order valence-corrected chi connectivity index (χ2v) is 6.48. The van der Waals surface area contributed by atoms with Gasteiger partial charge in [-0.3, -0.25) is 9.59 Å². The van der Waals surface area contributed by atoms with Crippen molar-refractivity contribution in [2.75, 3.05) is 26.4 Å². The molecule has 2 aromatic rings. The lowest BCUT2D eigenvalue weighted by molar-refractivity contribution is -0.123. The summed E-state index contributed by atoms with van der Waals surface area (Å²) in [6.07, 6.45) is 0.599. The van der Waals surface area contributed by atoms with E-state index in [9.17, 15) is 9.59 Å². The van der Waals surface area contributed by atoms with Gasteiger partial charge in [0.25, 0.3) is 5.91 Å². The number of benzene rings is 2. The number of halogens is 1. The van der Waals surface area contributed by atoms with Crippen LogP contribution in [-0.2, 0) is 11.2 Å². The van der Waals surface area contributed by atoms with Gasteiger partial charge in [-0.1, -0.05) is 23.7 Å². The largest absolute Gasteiger partial charge is 0.486 e. The highest BCUT2D eigenvalue weighted by atomic mass is 35.5. The van der Waals surface area contributed by atoms with E-state index in [0.29, 0.717) is 54.0 Å².